The summed E-state index contributed by atoms with van der Waals surface area (Å²) in [6.45, 7) is 4.84. The highest BCUT2D eigenvalue weighted by Gasteiger charge is 2.11. The van der Waals surface area contributed by atoms with Crippen molar-refractivity contribution in [2.75, 3.05) is 26.2 Å². The lowest BCUT2D eigenvalue weighted by Gasteiger charge is -2.21. The first-order valence-electron chi connectivity index (χ1n) is 6.91. The van der Waals surface area contributed by atoms with Crippen LogP contribution in [0.1, 0.15) is 16.8 Å². The third-order valence-electron chi connectivity index (χ3n) is 3.51. The lowest BCUT2D eigenvalue weighted by Crippen LogP contribution is -2.18. The van der Waals surface area contributed by atoms with Gasteiger partial charge in [-0.25, -0.2) is 4.98 Å². The fraction of sp³-hybridized carbons (Fsp3) is 0.353. The Morgan fingerprint density at radius 3 is 2.33 bits per heavy atom. The van der Waals surface area contributed by atoms with Crippen LogP contribution < -0.4 is 14.4 Å². The lowest BCUT2D eigenvalue weighted by molar-refractivity contribution is 0.354. The number of aryl methyl sites for hydroxylation is 2. The summed E-state index contributed by atoms with van der Waals surface area (Å²) in [6.07, 6.45) is 0. The molecule has 0 N–H and O–H groups in total. The van der Waals surface area contributed by atoms with E-state index in [4.69, 9.17) is 9.47 Å². The first-order valence-corrected chi connectivity index (χ1v) is 6.91. The minimum absolute atomic E-state index is 0.753. The third-order valence-corrected chi connectivity index (χ3v) is 3.51. The van der Waals surface area contributed by atoms with E-state index in [0.717, 1.165) is 29.6 Å². The maximum atomic E-state index is 5.38. The third kappa shape index (κ3) is 3.45. The number of ether oxygens (including phenoxy) is 2. The van der Waals surface area contributed by atoms with Gasteiger partial charge in [0, 0.05) is 19.3 Å². The number of hydrogen-bond donors (Lipinski definition) is 0. The first kappa shape index (κ1) is 15.2. The molecule has 0 aliphatic heterocycles. The Morgan fingerprint density at radius 2 is 1.71 bits per heavy atom. The molecular weight excluding hydrogens is 264 g/mol. The summed E-state index contributed by atoms with van der Waals surface area (Å²) in [4.78, 5) is 6.67. The fourth-order valence-corrected chi connectivity index (χ4v) is 2.27. The number of hydrogen-bond acceptors (Lipinski definition) is 4. The van der Waals surface area contributed by atoms with Gasteiger partial charge in [0.05, 0.1) is 14.2 Å². The molecule has 1 heterocycles. The minimum Gasteiger partial charge on any atom is -0.493 e. The summed E-state index contributed by atoms with van der Waals surface area (Å²) in [6, 6.07) is 10.1. The molecule has 0 spiro atoms. The number of benzene rings is 1. The van der Waals surface area contributed by atoms with Gasteiger partial charge in [0.15, 0.2) is 11.5 Å². The van der Waals surface area contributed by atoms with Gasteiger partial charge in [-0.2, -0.15) is 0 Å². The van der Waals surface area contributed by atoms with E-state index in [1.807, 2.05) is 44.3 Å². The van der Waals surface area contributed by atoms with Crippen LogP contribution in [0.4, 0.5) is 5.82 Å². The minimum atomic E-state index is 0.753. The lowest BCUT2D eigenvalue weighted by atomic mass is 10.1. The molecule has 21 heavy (non-hydrogen) atoms. The predicted octanol–water partition coefficient (Wildman–Crippen LogP) is 3.35. The van der Waals surface area contributed by atoms with E-state index in [2.05, 4.69) is 16.8 Å². The molecule has 0 bridgehead atoms. The van der Waals surface area contributed by atoms with Gasteiger partial charge in [0.25, 0.3) is 0 Å². The second kappa shape index (κ2) is 6.48. The Kier molecular flexibility index (Phi) is 4.68. The van der Waals surface area contributed by atoms with Gasteiger partial charge < -0.3 is 14.4 Å². The van der Waals surface area contributed by atoms with Crippen molar-refractivity contribution in [3.8, 4) is 11.5 Å². The molecule has 4 heteroatoms. The summed E-state index contributed by atoms with van der Waals surface area (Å²) >= 11 is 0. The SMILES string of the molecule is COc1cc(C)c(CN(C)c2cccc(C)n2)cc1OC. The number of aromatic nitrogens is 1. The van der Waals surface area contributed by atoms with Crippen molar-refractivity contribution in [3.63, 3.8) is 0 Å². The van der Waals surface area contributed by atoms with E-state index in [9.17, 15) is 0 Å². The zero-order valence-electron chi connectivity index (χ0n) is 13.3. The molecule has 0 saturated carbocycles. The van der Waals surface area contributed by atoms with Crippen molar-refractivity contribution in [2.45, 2.75) is 20.4 Å². The van der Waals surface area contributed by atoms with Crippen LogP contribution in [0, 0.1) is 13.8 Å². The van der Waals surface area contributed by atoms with E-state index in [1.54, 1.807) is 14.2 Å². The molecule has 0 aliphatic rings. The van der Waals surface area contributed by atoms with Crippen LogP contribution in [-0.4, -0.2) is 26.3 Å². The van der Waals surface area contributed by atoms with Crippen molar-refractivity contribution in [1.82, 2.24) is 4.98 Å². The highest BCUT2D eigenvalue weighted by Crippen LogP contribution is 2.31. The number of rotatable bonds is 5. The Labute approximate surface area is 126 Å². The van der Waals surface area contributed by atoms with Crippen LogP contribution in [0.5, 0.6) is 11.5 Å². The summed E-state index contributed by atoms with van der Waals surface area (Å²) in [7, 11) is 5.35. The van der Waals surface area contributed by atoms with Gasteiger partial charge in [0.2, 0.25) is 0 Å². The molecule has 2 rings (SSSR count). The molecular formula is C17H22N2O2. The van der Waals surface area contributed by atoms with E-state index < -0.39 is 0 Å². The number of anilines is 1. The van der Waals surface area contributed by atoms with Crippen molar-refractivity contribution in [3.05, 3.63) is 47.2 Å². The molecule has 0 unspecified atom stereocenters. The molecule has 0 radical (unpaired) electrons. The van der Waals surface area contributed by atoms with Crippen molar-refractivity contribution >= 4 is 5.82 Å². The largest absolute Gasteiger partial charge is 0.493 e. The number of methoxy groups -OCH3 is 2. The highest BCUT2D eigenvalue weighted by atomic mass is 16.5. The van der Waals surface area contributed by atoms with E-state index in [-0.39, 0.29) is 0 Å². The maximum Gasteiger partial charge on any atom is 0.161 e. The molecule has 2 aromatic rings. The van der Waals surface area contributed by atoms with Crippen LogP contribution in [0.3, 0.4) is 0 Å². The molecule has 1 aromatic carbocycles. The van der Waals surface area contributed by atoms with E-state index in [1.165, 1.54) is 11.1 Å². The Bertz CT molecular complexity index is 626. The predicted molar refractivity (Wildman–Crippen MR) is 85.4 cm³/mol. The van der Waals surface area contributed by atoms with Crippen molar-refractivity contribution < 1.29 is 9.47 Å². The van der Waals surface area contributed by atoms with Crippen LogP contribution in [0.2, 0.25) is 0 Å². The van der Waals surface area contributed by atoms with Crippen LogP contribution in [0.25, 0.3) is 0 Å². The zero-order chi connectivity index (χ0) is 15.4. The second-order valence-electron chi connectivity index (χ2n) is 5.13. The average molecular weight is 286 g/mol. The quantitative estimate of drug-likeness (QED) is 0.844. The van der Waals surface area contributed by atoms with Gasteiger partial charge in [0.1, 0.15) is 5.82 Å². The summed E-state index contributed by atoms with van der Waals surface area (Å²) < 4.78 is 10.7. The van der Waals surface area contributed by atoms with Gasteiger partial charge in [-0.05, 0) is 49.2 Å². The highest BCUT2D eigenvalue weighted by molar-refractivity contribution is 5.49. The maximum absolute atomic E-state index is 5.38. The molecule has 112 valence electrons. The molecule has 0 fully saturated rings. The fourth-order valence-electron chi connectivity index (χ4n) is 2.27. The average Bonchev–Trinajstić information content (AvgIpc) is 2.48. The Hall–Kier alpha value is -2.23. The van der Waals surface area contributed by atoms with Gasteiger partial charge >= 0.3 is 0 Å². The van der Waals surface area contributed by atoms with E-state index in [0.29, 0.717) is 0 Å². The summed E-state index contributed by atoms with van der Waals surface area (Å²) in [5, 5.41) is 0. The number of nitrogens with zero attached hydrogens (tertiary/aromatic N) is 2. The second-order valence-corrected chi connectivity index (χ2v) is 5.13. The van der Waals surface area contributed by atoms with Gasteiger partial charge in [-0.3, -0.25) is 0 Å². The summed E-state index contributed by atoms with van der Waals surface area (Å²) in [5.74, 6) is 2.47. The number of pyridine rings is 1. The molecule has 0 atom stereocenters. The van der Waals surface area contributed by atoms with Crippen molar-refractivity contribution in [1.29, 1.82) is 0 Å². The Balaban J connectivity index is 2.26. The van der Waals surface area contributed by atoms with Crippen LogP contribution in [-0.2, 0) is 6.54 Å². The van der Waals surface area contributed by atoms with E-state index >= 15 is 0 Å². The normalized spacial score (nSPS) is 10.3. The Morgan fingerprint density at radius 1 is 1.05 bits per heavy atom. The van der Waals surface area contributed by atoms with Crippen LogP contribution >= 0.6 is 0 Å². The molecule has 0 amide bonds. The van der Waals surface area contributed by atoms with Gasteiger partial charge in [-0.1, -0.05) is 6.07 Å². The molecule has 0 saturated heterocycles. The monoisotopic (exact) mass is 286 g/mol. The molecule has 0 aliphatic carbocycles. The standard InChI is InChI=1S/C17H22N2O2/c1-12-9-15(20-4)16(21-5)10-14(12)11-19(3)17-8-6-7-13(2)18-17/h6-10H,11H2,1-5H3. The zero-order valence-corrected chi connectivity index (χ0v) is 13.3. The van der Waals surface area contributed by atoms with Gasteiger partial charge in [-0.15, -0.1) is 0 Å². The smallest absolute Gasteiger partial charge is 0.161 e. The van der Waals surface area contributed by atoms with Crippen molar-refractivity contribution in [2.24, 2.45) is 0 Å². The topological polar surface area (TPSA) is 34.6 Å². The molecule has 1 aromatic heterocycles. The van der Waals surface area contributed by atoms with Crippen LogP contribution in [0.15, 0.2) is 30.3 Å². The first-order chi connectivity index (χ1) is 10.0. The summed E-state index contributed by atoms with van der Waals surface area (Å²) in [5.41, 5.74) is 3.38. The molecule has 4 nitrogen and oxygen atoms in total.